The van der Waals surface area contributed by atoms with E-state index >= 15 is 0 Å². The Hall–Kier alpha value is -1.99. The molecule has 1 unspecified atom stereocenters. The van der Waals surface area contributed by atoms with Gasteiger partial charge < -0.3 is 29.7 Å². The summed E-state index contributed by atoms with van der Waals surface area (Å²) in [7, 11) is 3.46. The maximum atomic E-state index is 6.00. The van der Waals surface area contributed by atoms with Gasteiger partial charge in [0.25, 0.3) is 0 Å². The van der Waals surface area contributed by atoms with Crippen molar-refractivity contribution < 1.29 is 14.2 Å². The van der Waals surface area contributed by atoms with Crippen molar-refractivity contribution in [1.29, 1.82) is 0 Å². The van der Waals surface area contributed by atoms with Gasteiger partial charge >= 0.3 is 0 Å². The van der Waals surface area contributed by atoms with Gasteiger partial charge in [0.15, 0.2) is 17.5 Å². The molecule has 1 aromatic carbocycles. The van der Waals surface area contributed by atoms with Crippen LogP contribution in [0.25, 0.3) is 0 Å². The first-order valence-electron chi connectivity index (χ1n) is 10.6. The van der Waals surface area contributed by atoms with Crippen molar-refractivity contribution in [1.82, 2.24) is 15.5 Å². The second-order valence-electron chi connectivity index (χ2n) is 7.71. The first-order valence-corrected chi connectivity index (χ1v) is 10.6. The Kier molecular flexibility index (Phi) is 10.1. The lowest BCUT2D eigenvalue weighted by Crippen LogP contribution is -2.50. The van der Waals surface area contributed by atoms with Gasteiger partial charge in [0.2, 0.25) is 0 Å². The first-order chi connectivity index (χ1) is 14.0. The minimum absolute atomic E-state index is 0.0207. The van der Waals surface area contributed by atoms with Crippen LogP contribution in [-0.2, 0) is 4.74 Å². The van der Waals surface area contributed by atoms with Crippen LogP contribution >= 0.6 is 0 Å². The third-order valence-corrected chi connectivity index (χ3v) is 4.96. The number of aliphatic imine (C=N–C) groups is 1. The summed E-state index contributed by atoms with van der Waals surface area (Å²) in [5.41, 5.74) is 0. The third-order valence-electron chi connectivity index (χ3n) is 4.96. The summed E-state index contributed by atoms with van der Waals surface area (Å²) < 4.78 is 17.0. The van der Waals surface area contributed by atoms with Crippen molar-refractivity contribution >= 4 is 5.96 Å². The minimum atomic E-state index is -0.0207. The Labute approximate surface area is 175 Å². The van der Waals surface area contributed by atoms with Crippen molar-refractivity contribution in [3.05, 3.63) is 24.3 Å². The van der Waals surface area contributed by atoms with Crippen molar-refractivity contribution in [2.24, 2.45) is 4.99 Å². The average molecular weight is 407 g/mol. The summed E-state index contributed by atoms with van der Waals surface area (Å²) >= 11 is 0. The molecule has 2 N–H and O–H groups in total. The van der Waals surface area contributed by atoms with E-state index in [1.807, 2.05) is 31.2 Å². The SMILES string of the molecule is CN=C(NCC(C)Oc1ccccc1OC)NC1CCN(CCOC(C)C)CC1. The summed E-state index contributed by atoms with van der Waals surface area (Å²) in [6, 6.07) is 8.14. The van der Waals surface area contributed by atoms with Gasteiger partial charge in [-0.3, -0.25) is 4.99 Å². The van der Waals surface area contributed by atoms with Gasteiger partial charge in [0, 0.05) is 32.7 Å². The van der Waals surface area contributed by atoms with E-state index in [1.54, 1.807) is 14.2 Å². The topological polar surface area (TPSA) is 67.4 Å². The second kappa shape index (κ2) is 12.5. The zero-order valence-corrected chi connectivity index (χ0v) is 18.6. The smallest absolute Gasteiger partial charge is 0.191 e. The predicted molar refractivity (Wildman–Crippen MR) is 118 cm³/mol. The van der Waals surface area contributed by atoms with Gasteiger partial charge in [0.1, 0.15) is 6.10 Å². The molecule has 164 valence electrons. The van der Waals surface area contributed by atoms with E-state index in [0.717, 1.165) is 56.5 Å². The first kappa shape index (κ1) is 23.3. The van der Waals surface area contributed by atoms with Crippen LogP contribution < -0.4 is 20.1 Å². The highest BCUT2D eigenvalue weighted by molar-refractivity contribution is 5.80. The number of piperidine rings is 1. The fourth-order valence-electron chi connectivity index (χ4n) is 3.32. The summed E-state index contributed by atoms with van der Waals surface area (Å²) in [6.07, 6.45) is 2.50. The number of para-hydroxylation sites is 2. The van der Waals surface area contributed by atoms with E-state index in [4.69, 9.17) is 14.2 Å². The zero-order chi connectivity index (χ0) is 21.1. The number of methoxy groups -OCH3 is 1. The number of ether oxygens (including phenoxy) is 3. The Balaban J connectivity index is 1.69. The monoisotopic (exact) mass is 406 g/mol. The van der Waals surface area contributed by atoms with Crippen molar-refractivity contribution in [3.63, 3.8) is 0 Å². The molecule has 1 aliphatic rings. The summed E-state index contributed by atoms with van der Waals surface area (Å²) in [5.74, 6) is 2.32. The largest absolute Gasteiger partial charge is 0.493 e. The third kappa shape index (κ3) is 8.50. The molecule has 0 amide bonds. The van der Waals surface area contributed by atoms with Gasteiger partial charge in [-0.2, -0.15) is 0 Å². The van der Waals surface area contributed by atoms with Crippen molar-refractivity contribution in [3.8, 4) is 11.5 Å². The van der Waals surface area contributed by atoms with Crippen LogP contribution in [0.2, 0.25) is 0 Å². The summed E-state index contributed by atoms with van der Waals surface area (Å²) in [6.45, 7) is 10.8. The van der Waals surface area contributed by atoms with E-state index in [1.165, 1.54) is 0 Å². The molecule has 1 saturated heterocycles. The lowest BCUT2D eigenvalue weighted by molar-refractivity contribution is 0.0532. The van der Waals surface area contributed by atoms with Crippen LogP contribution in [0.15, 0.2) is 29.3 Å². The fourth-order valence-corrected chi connectivity index (χ4v) is 3.32. The molecule has 7 nitrogen and oxygen atoms in total. The van der Waals surface area contributed by atoms with Crippen molar-refractivity contribution in [2.75, 3.05) is 46.9 Å². The van der Waals surface area contributed by atoms with Crippen LogP contribution in [-0.4, -0.2) is 76.1 Å². The van der Waals surface area contributed by atoms with Gasteiger partial charge in [-0.25, -0.2) is 0 Å². The Morgan fingerprint density at radius 1 is 1.17 bits per heavy atom. The van der Waals surface area contributed by atoms with Crippen LogP contribution in [0, 0.1) is 0 Å². The number of guanidine groups is 1. The molecule has 1 fully saturated rings. The van der Waals surface area contributed by atoms with Crippen LogP contribution in [0.1, 0.15) is 33.6 Å². The van der Waals surface area contributed by atoms with Gasteiger partial charge in [-0.05, 0) is 45.7 Å². The number of hydrogen-bond donors (Lipinski definition) is 2. The molecule has 1 aliphatic heterocycles. The van der Waals surface area contributed by atoms with Crippen LogP contribution in [0.5, 0.6) is 11.5 Å². The second-order valence-corrected chi connectivity index (χ2v) is 7.71. The normalized spacial score (nSPS) is 17.2. The molecule has 0 spiro atoms. The number of nitrogens with one attached hydrogen (secondary N) is 2. The number of nitrogens with zero attached hydrogens (tertiary/aromatic N) is 2. The lowest BCUT2D eigenvalue weighted by atomic mass is 10.1. The molecule has 0 radical (unpaired) electrons. The number of likely N-dealkylation sites (tertiary alicyclic amines) is 1. The van der Waals surface area contributed by atoms with Gasteiger partial charge in [-0.15, -0.1) is 0 Å². The van der Waals surface area contributed by atoms with Crippen LogP contribution in [0.3, 0.4) is 0 Å². The number of benzene rings is 1. The molecule has 2 rings (SSSR count). The molecule has 0 aliphatic carbocycles. The van der Waals surface area contributed by atoms with Crippen LogP contribution in [0.4, 0.5) is 0 Å². The Morgan fingerprint density at radius 2 is 1.86 bits per heavy atom. The zero-order valence-electron chi connectivity index (χ0n) is 18.6. The highest BCUT2D eigenvalue weighted by Crippen LogP contribution is 2.26. The number of hydrogen-bond acceptors (Lipinski definition) is 5. The van der Waals surface area contributed by atoms with E-state index in [0.29, 0.717) is 18.7 Å². The average Bonchev–Trinajstić information content (AvgIpc) is 2.72. The molecular formula is C22H38N4O3. The molecular weight excluding hydrogens is 368 g/mol. The van der Waals surface area contributed by atoms with Crippen molar-refractivity contribution in [2.45, 2.75) is 51.9 Å². The molecule has 0 bridgehead atoms. The number of rotatable bonds is 10. The Bertz CT molecular complexity index is 616. The van der Waals surface area contributed by atoms with E-state index in [9.17, 15) is 0 Å². The van der Waals surface area contributed by atoms with E-state index in [-0.39, 0.29) is 6.10 Å². The highest BCUT2D eigenvalue weighted by Gasteiger charge is 2.20. The van der Waals surface area contributed by atoms with Gasteiger partial charge in [0.05, 0.1) is 26.4 Å². The molecule has 29 heavy (non-hydrogen) atoms. The van der Waals surface area contributed by atoms with Gasteiger partial charge in [-0.1, -0.05) is 12.1 Å². The summed E-state index contributed by atoms with van der Waals surface area (Å²) in [4.78, 5) is 6.84. The fraction of sp³-hybridized carbons (Fsp3) is 0.682. The standard InChI is InChI=1S/C22H38N4O3/c1-17(2)28-15-14-26-12-10-19(11-13-26)25-22(23-4)24-16-18(3)29-21-9-7-6-8-20(21)27-5/h6-9,17-19H,10-16H2,1-5H3,(H2,23,24,25). The Morgan fingerprint density at radius 3 is 2.48 bits per heavy atom. The maximum absolute atomic E-state index is 6.00. The summed E-state index contributed by atoms with van der Waals surface area (Å²) in [5, 5.41) is 6.91. The van der Waals surface area contributed by atoms with E-state index < -0.39 is 0 Å². The lowest BCUT2D eigenvalue weighted by Gasteiger charge is -2.33. The van der Waals surface area contributed by atoms with E-state index in [2.05, 4.69) is 34.4 Å². The molecule has 1 atom stereocenters. The maximum Gasteiger partial charge on any atom is 0.191 e. The molecule has 1 heterocycles. The molecule has 7 heteroatoms. The minimum Gasteiger partial charge on any atom is -0.493 e. The quantitative estimate of drug-likeness (QED) is 0.460. The highest BCUT2D eigenvalue weighted by atomic mass is 16.5. The molecule has 0 saturated carbocycles. The molecule has 0 aromatic heterocycles. The molecule has 1 aromatic rings. The predicted octanol–water partition coefficient (Wildman–Crippen LogP) is 2.52.